The van der Waals surface area contributed by atoms with Gasteiger partial charge in [0.05, 0.1) is 6.54 Å². The van der Waals surface area contributed by atoms with Crippen molar-refractivity contribution >= 4 is 41.3 Å². The van der Waals surface area contributed by atoms with Crippen molar-refractivity contribution in [2.45, 2.75) is 33.0 Å². The molecule has 0 fully saturated rings. The molecule has 0 aliphatic rings. The molecule has 1 aromatic rings. The summed E-state index contributed by atoms with van der Waals surface area (Å²) in [6.45, 7) is 4.92. The van der Waals surface area contributed by atoms with Crippen LogP contribution in [0.5, 0.6) is 0 Å². The van der Waals surface area contributed by atoms with Gasteiger partial charge in [0.15, 0.2) is 11.7 Å². The molecule has 9 heteroatoms. The summed E-state index contributed by atoms with van der Waals surface area (Å²) in [7, 11) is 0. The van der Waals surface area contributed by atoms with Crippen LogP contribution in [-0.4, -0.2) is 17.5 Å². The number of aliphatic imine (C=N–C) groups is 1. The van der Waals surface area contributed by atoms with Crippen LogP contribution in [0.3, 0.4) is 0 Å². The molecular weight excluding hydrogens is 404 g/mol. The first kappa shape index (κ1) is 19.4. The zero-order valence-electron chi connectivity index (χ0n) is 11.2. The van der Waals surface area contributed by atoms with E-state index in [2.05, 4.69) is 29.1 Å². The van der Waals surface area contributed by atoms with Crippen molar-refractivity contribution in [3.63, 3.8) is 0 Å². The molecule has 116 valence electrons. The van der Waals surface area contributed by atoms with Gasteiger partial charge in [-0.05, 0) is 12.3 Å². The first-order chi connectivity index (χ1) is 8.79. The predicted molar refractivity (Wildman–Crippen MR) is 85.3 cm³/mol. The summed E-state index contributed by atoms with van der Waals surface area (Å²) in [5.41, 5.74) is 4.71. The molecule has 0 unspecified atom stereocenters. The molecule has 0 radical (unpaired) electrons. The Kier molecular flexibility index (Phi) is 8.40. The van der Waals surface area contributed by atoms with Crippen molar-refractivity contribution in [2.24, 2.45) is 16.6 Å². The molecule has 0 bridgehead atoms. The van der Waals surface area contributed by atoms with E-state index in [1.165, 1.54) is 0 Å². The van der Waals surface area contributed by atoms with Gasteiger partial charge in [0.2, 0.25) is 0 Å². The lowest BCUT2D eigenvalue weighted by Crippen LogP contribution is -2.32. The van der Waals surface area contributed by atoms with E-state index in [0.29, 0.717) is 17.5 Å². The lowest BCUT2D eigenvalue weighted by atomic mass is 10.1. The third-order valence-corrected chi connectivity index (χ3v) is 3.09. The number of guanidine groups is 1. The largest absolute Gasteiger partial charge is 0.434 e. The number of rotatable bonds is 5. The summed E-state index contributed by atoms with van der Waals surface area (Å²) in [6.07, 6.45) is -3.45. The van der Waals surface area contributed by atoms with Crippen LogP contribution in [0.4, 0.5) is 13.2 Å². The van der Waals surface area contributed by atoms with Gasteiger partial charge in [0.1, 0.15) is 5.01 Å². The monoisotopic (exact) mass is 422 g/mol. The van der Waals surface area contributed by atoms with Crippen LogP contribution in [-0.2, 0) is 12.7 Å². The average Bonchev–Trinajstić information content (AvgIpc) is 2.74. The topological polar surface area (TPSA) is 63.3 Å². The number of hydrogen-bond donors (Lipinski definition) is 2. The minimum Gasteiger partial charge on any atom is -0.370 e. The fraction of sp³-hybridized carbons (Fsp3) is 0.636. The van der Waals surface area contributed by atoms with Crippen molar-refractivity contribution in [3.05, 3.63) is 16.1 Å². The lowest BCUT2D eigenvalue weighted by Gasteiger charge is -2.06. The Balaban J connectivity index is 0.00000361. The Bertz CT molecular complexity index is 432. The molecule has 20 heavy (non-hydrogen) atoms. The zero-order chi connectivity index (χ0) is 14.5. The Morgan fingerprint density at radius 3 is 2.65 bits per heavy atom. The maximum absolute atomic E-state index is 12.3. The fourth-order valence-corrected chi connectivity index (χ4v) is 1.94. The van der Waals surface area contributed by atoms with Gasteiger partial charge in [0, 0.05) is 11.9 Å². The normalized spacial score (nSPS) is 12.4. The minimum absolute atomic E-state index is 0. The molecule has 1 rings (SSSR count). The molecule has 0 aliphatic carbocycles. The smallest absolute Gasteiger partial charge is 0.370 e. The summed E-state index contributed by atoms with van der Waals surface area (Å²) in [4.78, 5) is 7.42. The molecule has 1 aromatic heterocycles. The van der Waals surface area contributed by atoms with Crippen molar-refractivity contribution < 1.29 is 13.2 Å². The van der Waals surface area contributed by atoms with Gasteiger partial charge in [0.25, 0.3) is 0 Å². The van der Waals surface area contributed by atoms with Crippen molar-refractivity contribution in [1.82, 2.24) is 10.3 Å². The molecule has 4 nitrogen and oxygen atoms in total. The molecule has 0 atom stereocenters. The lowest BCUT2D eigenvalue weighted by molar-refractivity contribution is -0.140. The van der Waals surface area contributed by atoms with E-state index < -0.39 is 11.9 Å². The van der Waals surface area contributed by atoms with E-state index >= 15 is 0 Å². The van der Waals surface area contributed by atoms with Gasteiger partial charge in [-0.1, -0.05) is 13.8 Å². The molecule has 0 spiro atoms. The van der Waals surface area contributed by atoms with Crippen LogP contribution in [0, 0.1) is 5.92 Å². The summed E-state index contributed by atoms with van der Waals surface area (Å²) in [5, 5.41) is 4.18. The van der Waals surface area contributed by atoms with E-state index in [1.54, 1.807) is 0 Å². The zero-order valence-corrected chi connectivity index (χ0v) is 14.3. The maximum Gasteiger partial charge on any atom is 0.434 e. The second-order valence-corrected chi connectivity index (χ2v) is 5.38. The number of thiazole rings is 1. The van der Waals surface area contributed by atoms with Crippen molar-refractivity contribution in [3.8, 4) is 0 Å². The second-order valence-electron chi connectivity index (χ2n) is 4.44. The fourth-order valence-electron chi connectivity index (χ4n) is 1.21. The van der Waals surface area contributed by atoms with Crippen LogP contribution in [0.2, 0.25) is 0 Å². The van der Waals surface area contributed by atoms with E-state index in [0.717, 1.165) is 23.1 Å². The van der Waals surface area contributed by atoms with Gasteiger partial charge in [-0.3, -0.25) is 0 Å². The highest BCUT2D eigenvalue weighted by Crippen LogP contribution is 2.30. The molecule has 0 amide bonds. The Morgan fingerprint density at radius 2 is 2.15 bits per heavy atom. The molecular formula is C11H18F3IN4S. The van der Waals surface area contributed by atoms with Gasteiger partial charge >= 0.3 is 6.18 Å². The molecule has 0 saturated heterocycles. The van der Waals surface area contributed by atoms with Gasteiger partial charge in [-0.2, -0.15) is 13.2 Å². The molecule has 0 aliphatic heterocycles. The van der Waals surface area contributed by atoms with Gasteiger partial charge in [-0.15, -0.1) is 35.3 Å². The average molecular weight is 422 g/mol. The summed E-state index contributed by atoms with van der Waals surface area (Å²) >= 11 is 0.926. The van der Waals surface area contributed by atoms with Crippen LogP contribution in [0.15, 0.2) is 10.4 Å². The van der Waals surface area contributed by atoms with Gasteiger partial charge in [-0.25, -0.2) is 9.98 Å². The Labute approximate surface area is 137 Å². The van der Waals surface area contributed by atoms with E-state index in [-0.39, 0.29) is 36.5 Å². The number of nitrogens with one attached hydrogen (secondary N) is 1. The SMILES string of the molecule is CC(C)CCNC(N)=NCc1nc(C(F)(F)F)cs1.I. The highest BCUT2D eigenvalue weighted by atomic mass is 127. The van der Waals surface area contributed by atoms with E-state index in [4.69, 9.17) is 5.73 Å². The molecule has 3 N–H and O–H groups in total. The van der Waals surface area contributed by atoms with Crippen LogP contribution in [0.1, 0.15) is 31.0 Å². The minimum atomic E-state index is -4.40. The van der Waals surface area contributed by atoms with E-state index in [9.17, 15) is 13.2 Å². The first-order valence-corrected chi connectivity index (χ1v) is 6.72. The summed E-state index contributed by atoms with van der Waals surface area (Å²) in [6, 6.07) is 0. The van der Waals surface area contributed by atoms with Crippen molar-refractivity contribution in [1.29, 1.82) is 0 Å². The van der Waals surface area contributed by atoms with Crippen LogP contribution in [0.25, 0.3) is 0 Å². The van der Waals surface area contributed by atoms with Crippen LogP contribution < -0.4 is 11.1 Å². The summed E-state index contributed by atoms with van der Waals surface area (Å²) < 4.78 is 36.9. The third-order valence-electron chi connectivity index (χ3n) is 2.25. The number of nitrogens with two attached hydrogens (primary N) is 1. The van der Waals surface area contributed by atoms with E-state index in [1.807, 2.05) is 0 Å². The highest BCUT2D eigenvalue weighted by Gasteiger charge is 2.33. The quantitative estimate of drug-likeness (QED) is 0.435. The Hall–Kier alpha value is -0.580. The Morgan fingerprint density at radius 1 is 1.50 bits per heavy atom. The number of alkyl halides is 3. The summed E-state index contributed by atoms with van der Waals surface area (Å²) in [5.74, 6) is 0.776. The number of nitrogens with zero attached hydrogens (tertiary/aromatic N) is 2. The second kappa shape index (κ2) is 8.65. The number of hydrogen-bond acceptors (Lipinski definition) is 3. The molecule has 0 aromatic carbocycles. The van der Waals surface area contributed by atoms with Gasteiger partial charge < -0.3 is 11.1 Å². The maximum atomic E-state index is 12.3. The van der Waals surface area contributed by atoms with Crippen LogP contribution >= 0.6 is 35.3 Å². The standard InChI is InChI=1S/C11H17F3N4S.HI/c1-7(2)3-4-16-10(15)17-5-9-18-8(6-19-9)11(12,13)14;/h6-7H,3-5H2,1-2H3,(H3,15,16,17);1H. The number of halogens is 4. The molecule has 1 heterocycles. The van der Waals surface area contributed by atoms with Crippen molar-refractivity contribution in [2.75, 3.05) is 6.54 Å². The third kappa shape index (κ3) is 7.27. The first-order valence-electron chi connectivity index (χ1n) is 5.84. The molecule has 0 saturated carbocycles. The number of aromatic nitrogens is 1. The predicted octanol–water partition coefficient (Wildman–Crippen LogP) is 3.23. The highest BCUT2D eigenvalue weighted by molar-refractivity contribution is 14.0.